The maximum absolute atomic E-state index is 13.0. The largest absolute Gasteiger partial charge is 0.455 e. The molecule has 1 fully saturated rings. The third-order valence-corrected chi connectivity index (χ3v) is 5.78. The van der Waals surface area contributed by atoms with Crippen molar-refractivity contribution in [2.24, 2.45) is 5.92 Å². The fraction of sp³-hybridized carbons (Fsp3) is 0.727. The molecule has 1 amide bonds. The summed E-state index contributed by atoms with van der Waals surface area (Å²) in [7, 11) is 0. The highest BCUT2D eigenvalue weighted by Gasteiger charge is 2.27. The molecule has 3 N–H and O–H groups in total. The van der Waals surface area contributed by atoms with Gasteiger partial charge in [0.15, 0.2) is 12.3 Å². The second-order valence-electron chi connectivity index (χ2n) is 8.19. The first-order valence-electron chi connectivity index (χ1n) is 11.5. The van der Waals surface area contributed by atoms with Gasteiger partial charge < -0.3 is 15.4 Å². The fourth-order valence-electron chi connectivity index (χ4n) is 3.92. The Morgan fingerprint density at radius 2 is 1.77 bits per heavy atom. The number of H-pyrrole nitrogens is 1. The van der Waals surface area contributed by atoms with Crippen LogP contribution in [0.4, 0.5) is 11.5 Å². The van der Waals surface area contributed by atoms with E-state index in [4.69, 9.17) is 10.5 Å². The Labute approximate surface area is 183 Å². The molecule has 1 aromatic heterocycles. The number of anilines is 2. The Bertz CT molecular complexity index is 854. The minimum absolute atomic E-state index is 0.0364. The number of nitrogens with one attached hydrogen (secondary N) is 1. The summed E-state index contributed by atoms with van der Waals surface area (Å²) in [5.41, 5.74) is 4.83. The molecule has 31 heavy (non-hydrogen) atoms. The topological polar surface area (TPSA) is 127 Å². The van der Waals surface area contributed by atoms with Crippen LogP contribution in [0.25, 0.3) is 0 Å². The normalized spacial score (nSPS) is 14.4. The van der Waals surface area contributed by atoms with E-state index < -0.39 is 23.8 Å². The summed E-state index contributed by atoms with van der Waals surface area (Å²) in [6.45, 7) is 4.17. The van der Waals surface area contributed by atoms with Crippen LogP contribution in [0, 0.1) is 5.92 Å². The summed E-state index contributed by atoms with van der Waals surface area (Å²) >= 11 is 0. The van der Waals surface area contributed by atoms with Crippen LogP contribution in [0.1, 0.15) is 78.1 Å². The Kier molecular flexibility index (Phi) is 9.81. The van der Waals surface area contributed by atoms with E-state index in [2.05, 4.69) is 4.98 Å². The van der Waals surface area contributed by atoms with Crippen molar-refractivity contribution in [3.05, 3.63) is 20.8 Å². The van der Waals surface area contributed by atoms with Gasteiger partial charge in [0.2, 0.25) is 0 Å². The molecule has 1 aromatic rings. The lowest BCUT2D eigenvalue weighted by atomic mass is 9.89. The van der Waals surface area contributed by atoms with Crippen LogP contribution < -0.4 is 21.9 Å². The molecule has 0 unspecified atom stereocenters. The number of hydrogen-bond acceptors (Lipinski definition) is 6. The van der Waals surface area contributed by atoms with E-state index in [0.717, 1.165) is 51.4 Å². The Morgan fingerprint density at radius 3 is 2.42 bits per heavy atom. The number of rotatable bonds is 11. The molecule has 0 saturated heterocycles. The molecular formula is C22H36N4O5. The number of nitrogens with two attached hydrogens (primary N) is 1. The molecule has 174 valence electrons. The monoisotopic (exact) mass is 436 g/mol. The van der Waals surface area contributed by atoms with E-state index >= 15 is 0 Å². The maximum Gasteiger partial charge on any atom is 0.330 e. The van der Waals surface area contributed by atoms with Crippen LogP contribution in [0.3, 0.4) is 0 Å². The number of esters is 1. The summed E-state index contributed by atoms with van der Waals surface area (Å²) in [4.78, 5) is 53.7. The van der Waals surface area contributed by atoms with Crippen LogP contribution >= 0.6 is 0 Å². The zero-order valence-corrected chi connectivity index (χ0v) is 18.8. The first-order valence-corrected chi connectivity index (χ1v) is 11.5. The second-order valence-corrected chi connectivity index (χ2v) is 8.19. The highest BCUT2D eigenvalue weighted by Crippen LogP contribution is 2.25. The zero-order chi connectivity index (χ0) is 22.8. The van der Waals surface area contributed by atoms with Crippen LogP contribution in [0.15, 0.2) is 9.59 Å². The van der Waals surface area contributed by atoms with E-state index in [1.807, 2.05) is 13.8 Å². The lowest BCUT2D eigenvalue weighted by Crippen LogP contribution is -2.43. The van der Waals surface area contributed by atoms with Crippen LogP contribution in [0.5, 0.6) is 0 Å². The number of carbonyl (C=O) groups is 2. The van der Waals surface area contributed by atoms with E-state index in [-0.39, 0.29) is 29.9 Å². The Hall–Kier alpha value is -2.58. The highest BCUT2D eigenvalue weighted by atomic mass is 16.5. The average molecular weight is 437 g/mol. The van der Waals surface area contributed by atoms with Crippen LogP contribution in [0.2, 0.25) is 0 Å². The lowest BCUT2D eigenvalue weighted by Gasteiger charge is -2.25. The fourth-order valence-corrected chi connectivity index (χ4v) is 3.92. The number of aromatic nitrogens is 2. The summed E-state index contributed by atoms with van der Waals surface area (Å²) in [5.74, 6) is -1.08. The van der Waals surface area contributed by atoms with Crippen molar-refractivity contribution in [1.29, 1.82) is 0 Å². The van der Waals surface area contributed by atoms with Gasteiger partial charge in [0.25, 0.3) is 11.5 Å². The minimum Gasteiger partial charge on any atom is -0.455 e. The van der Waals surface area contributed by atoms with Gasteiger partial charge in [-0.15, -0.1) is 0 Å². The van der Waals surface area contributed by atoms with Gasteiger partial charge in [0, 0.05) is 13.1 Å². The first-order chi connectivity index (χ1) is 14.9. The number of nitrogens with zero attached hydrogens (tertiary/aromatic N) is 2. The first kappa shape index (κ1) is 24.7. The van der Waals surface area contributed by atoms with Gasteiger partial charge in [-0.25, -0.2) is 4.79 Å². The Balaban J connectivity index is 2.24. The molecule has 9 nitrogen and oxygen atoms in total. The number of unbranched alkanes of at least 4 members (excludes halogenated alkanes) is 3. The minimum atomic E-state index is -0.710. The lowest BCUT2D eigenvalue weighted by molar-refractivity contribution is -0.153. The second kappa shape index (κ2) is 12.3. The average Bonchev–Trinajstić information content (AvgIpc) is 2.76. The summed E-state index contributed by atoms with van der Waals surface area (Å²) in [6.07, 6.45) is 8.65. The van der Waals surface area contributed by atoms with Crippen LogP contribution in [-0.2, 0) is 20.9 Å². The number of aromatic amines is 1. The van der Waals surface area contributed by atoms with Crippen molar-refractivity contribution in [1.82, 2.24) is 9.55 Å². The van der Waals surface area contributed by atoms with E-state index in [0.29, 0.717) is 19.4 Å². The van der Waals surface area contributed by atoms with Crippen molar-refractivity contribution in [3.63, 3.8) is 0 Å². The maximum atomic E-state index is 13.0. The molecule has 0 spiro atoms. The third kappa shape index (κ3) is 6.70. The highest BCUT2D eigenvalue weighted by molar-refractivity contribution is 5.97. The summed E-state index contributed by atoms with van der Waals surface area (Å²) in [6, 6.07) is 0. The molecule has 1 aliphatic carbocycles. The van der Waals surface area contributed by atoms with Gasteiger partial charge in [-0.1, -0.05) is 52.4 Å². The molecule has 0 aliphatic heterocycles. The number of nitrogen functional groups attached to an aromatic ring is 1. The molecule has 2 rings (SSSR count). The summed E-state index contributed by atoms with van der Waals surface area (Å²) in [5, 5.41) is 0. The number of amides is 1. The SMILES string of the molecule is CCCCCN(C(=O)COC(=O)C1CCCCC1)c1c(N)n(CCCC)c(=O)[nH]c1=O. The number of ether oxygens (including phenoxy) is 1. The Morgan fingerprint density at radius 1 is 1.10 bits per heavy atom. The number of carbonyl (C=O) groups excluding carboxylic acids is 2. The molecule has 0 atom stereocenters. The third-order valence-electron chi connectivity index (χ3n) is 5.78. The van der Waals surface area contributed by atoms with Crippen molar-refractivity contribution in [3.8, 4) is 0 Å². The van der Waals surface area contributed by atoms with Crippen molar-refractivity contribution >= 4 is 23.4 Å². The number of hydrogen-bond donors (Lipinski definition) is 2. The van der Waals surface area contributed by atoms with Crippen molar-refractivity contribution < 1.29 is 14.3 Å². The molecule has 9 heteroatoms. The van der Waals surface area contributed by atoms with Gasteiger partial charge >= 0.3 is 11.7 Å². The predicted octanol–water partition coefficient (Wildman–Crippen LogP) is 2.57. The standard InChI is InChI=1S/C22H36N4O5/c1-3-5-10-14-25(17(27)15-31-21(29)16-11-8-7-9-12-16)18-19(23)26(13-6-4-2)22(30)24-20(18)28/h16H,3-15,23H2,1-2H3,(H,24,28,30). The molecule has 1 saturated carbocycles. The zero-order valence-electron chi connectivity index (χ0n) is 18.8. The molecule has 0 bridgehead atoms. The van der Waals surface area contributed by atoms with Gasteiger partial charge in [0.05, 0.1) is 5.92 Å². The van der Waals surface area contributed by atoms with Gasteiger partial charge in [-0.3, -0.25) is 23.9 Å². The molecule has 1 aliphatic rings. The molecular weight excluding hydrogens is 400 g/mol. The van der Waals surface area contributed by atoms with Gasteiger partial charge in [-0.2, -0.15) is 0 Å². The van der Waals surface area contributed by atoms with E-state index in [9.17, 15) is 19.2 Å². The van der Waals surface area contributed by atoms with Crippen molar-refractivity contribution in [2.45, 2.75) is 84.6 Å². The van der Waals surface area contributed by atoms with Crippen LogP contribution in [-0.4, -0.2) is 34.6 Å². The smallest absolute Gasteiger partial charge is 0.330 e. The molecule has 1 heterocycles. The summed E-state index contributed by atoms with van der Waals surface area (Å²) < 4.78 is 6.59. The van der Waals surface area contributed by atoms with E-state index in [1.165, 1.54) is 9.47 Å². The van der Waals surface area contributed by atoms with Crippen molar-refractivity contribution in [2.75, 3.05) is 23.8 Å². The molecule has 0 radical (unpaired) electrons. The van der Waals surface area contributed by atoms with Gasteiger partial charge in [0.1, 0.15) is 5.82 Å². The van der Waals surface area contributed by atoms with Gasteiger partial charge in [-0.05, 0) is 25.7 Å². The van der Waals surface area contributed by atoms with E-state index in [1.54, 1.807) is 0 Å². The molecule has 0 aromatic carbocycles. The predicted molar refractivity (Wildman–Crippen MR) is 120 cm³/mol. The quantitative estimate of drug-likeness (QED) is 0.405.